The van der Waals surface area contributed by atoms with Crippen molar-refractivity contribution in [3.8, 4) is 11.3 Å². The Morgan fingerprint density at radius 2 is 1.75 bits per heavy atom. The van der Waals surface area contributed by atoms with Crippen molar-refractivity contribution in [2.24, 2.45) is 0 Å². The van der Waals surface area contributed by atoms with Crippen LogP contribution in [0.4, 0.5) is 5.95 Å². The number of amides is 3. The number of fused-ring (bicyclic) bond motifs is 2. The second-order valence-corrected chi connectivity index (χ2v) is 8.66. The summed E-state index contributed by atoms with van der Waals surface area (Å²) in [6.45, 7) is -0.0379. The maximum absolute atomic E-state index is 12.4. The molecule has 160 valence electrons. The molecule has 8 nitrogen and oxygen atoms in total. The highest BCUT2D eigenvalue weighted by Gasteiger charge is 2.35. The summed E-state index contributed by atoms with van der Waals surface area (Å²) < 4.78 is 1.57. The molecule has 1 N–H and O–H groups in total. The third kappa shape index (κ3) is 3.54. The summed E-state index contributed by atoms with van der Waals surface area (Å²) in [5.41, 5.74) is 2.08. The van der Waals surface area contributed by atoms with Crippen LogP contribution in [-0.4, -0.2) is 43.8 Å². The fraction of sp³-hybridized carbons (Fsp3) is 0.0952. The summed E-state index contributed by atoms with van der Waals surface area (Å²) >= 11 is 13.7. The highest BCUT2D eigenvalue weighted by atomic mass is 35.5. The molecule has 0 unspecified atom stereocenters. The minimum absolute atomic E-state index is 0.0379. The topological polar surface area (TPSA) is 96.7 Å². The first-order chi connectivity index (χ1) is 15.4. The van der Waals surface area contributed by atoms with Gasteiger partial charge in [0, 0.05) is 28.9 Å². The van der Waals surface area contributed by atoms with Gasteiger partial charge in [0.05, 0.1) is 21.8 Å². The molecule has 0 saturated carbocycles. The highest BCUT2D eigenvalue weighted by molar-refractivity contribution is 7.15. The lowest BCUT2D eigenvalue weighted by Crippen LogP contribution is -2.33. The highest BCUT2D eigenvalue weighted by Crippen LogP contribution is 2.33. The molecule has 2 aromatic heterocycles. The van der Waals surface area contributed by atoms with Crippen molar-refractivity contribution in [3.63, 3.8) is 0 Å². The number of hydrogen-bond donors (Lipinski definition) is 1. The van der Waals surface area contributed by atoms with Gasteiger partial charge in [-0.3, -0.25) is 24.6 Å². The standard InChI is InChI=1S/C21H13Cl2N5O3S/c22-11-5-6-15(23)14(9-11)16-10-32-21-25-20(26-28(16)21)24-17(29)7-8-27-18(30)12-3-1-2-4-13(12)19(27)31/h1-6,9-10H,7-8H2,(H,24,26,29). The van der Waals surface area contributed by atoms with Gasteiger partial charge in [-0.15, -0.1) is 16.4 Å². The molecule has 3 heterocycles. The zero-order valence-electron chi connectivity index (χ0n) is 16.2. The van der Waals surface area contributed by atoms with Gasteiger partial charge >= 0.3 is 0 Å². The first-order valence-electron chi connectivity index (χ1n) is 9.47. The number of halogens is 2. The number of benzene rings is 2. The van der Waals surface area contributed by atoms with Crippen LogP contribution in [0.5, 0.6) is 0 Å². The minimum Gasteiger partial charge on any atom is -0.293 e. The number of nitrogens with one attached hydrogen (secondary N) is 1. The Morgan fingerprint density at radius 3 is 2.47 bits per heavy atom. The number of anilines is 1. The molecule has 0 bridgehead atoms. The molecular formula is C21H13Cl2N5O3S. The van der Waals surface area contributed by atoms with Crippen LogP contribution in [0.25, 0.3) is 16.2 Å². The van der Waals surface area contributed by atoms with Crippen molar-refractivity contribution >= 4 is 63.2 Å². The van der Waals surface area contributed by atoms with Gasteiger partial charge in [0.25, 0.3) is 11.8 Å². The van der Waals surface area contributed by atoms with Crippen LogP contribution in [0.1, 0.15) is 27.1 Å². The van der Waals surface area contributed by atoms with Gasteiger partial charge in [-0.1, -0.05) is 35.3 Å². The maximum atomic E-state index is 12.4. The van der Waals surface area contributed by atoms with E-state index in [0.29, 0.717) is 37.4 Å². The van der Waals surface area contributed by atoms with Gasteiger partial charge in [0.15, 0.2) is 0 Å². The van der Waals surface area contributed by atoms with E-state index in [0.717, 1.165) is 4.90 Å². The van der Waals surface area contributed by atoms with Crippen LogP contribution in [0.3, 0.4) is 0 Å². The maximum Gasteiger partial charge on any atom is 0.261 e. The number of carbonyl (C=O) groups excluding carboxylic acids is 3. The van der Waals surface area contributed by atoms with Crippen LogP contribution in [0.2, 0.25) is 10.0 Å². The molecule has 0 fully saturated rings. The Kier molecular flexibility index (Phi) is 5.16. The quantitative estimate of drug-likeness (QED) is 0.422. The minimum atomic E-state index is -0.415. The Balaban J connectivity index is 1.29. The van der Waals surface area contributed by atoms with Crippen molar-refractivity contribution in [1.82, 2.24) is 19.5 Å². The average Bonchev–Trinajstić information content (AvgIpc) is 3.41. The number of aromatic nitrogens is 3. The fourth-order valence-electron chi connectivity index (χ4n) is 3.46. The molecule has 32 heavy (non-hydrogen) atoms. The molecule has 1 aliphatic rings. The lowest BCUT2D eigenvalue weighted by atomic mass is 10.1. The molecule has 0 aliphatic carbocycles. The molecule has 0 atom stereocenters. The van der Waals surface area contributed by atoms with E-state index in [1.54, 1.807) is 47.0 Å². The van der Waals surface area contributed by atoms with Crippen LogP contribution in [0.15, 0.2) is 47.8 Å². The summed E-state index contributed by atoms with van der Waals surface area (Å²) in [5, 5.41) is 9.84. The smallest absolute Gasteiger partial charge is 0.261 e. The molecule has 1 aliphatic heterocycles. The third-order valence-electron chi connectivity index (χ3n) is 4.98. The summed E-state index contributed by atoms with van der Waals surface area (Å²) in [4.78, 5) is 43.2. The monoisotopic (exact) mass is 485 g/mol. The predicted molar refractivity (Wildman–Crippen MR) is 121 cm³/mol. The van der Waals surface area contributed by atoms with Crippen molar-refractivity contribution in [2.75, 3.05) is 11.9 Å². The van der Waals surface area contributed by atoms with Crippen LogP contribution in [-0.2, 0) is 4.79 Å². The average molecular weight is 486 g/mol. The Bertz CT molecular complexity index is 1380. The number of thiazole rings is 1. The second-order valence-electron chi connectivity index (χ2n) is 6.98. The van der Waals surface area contributed by atoms with Crippen molar-refractivity contribution < 1.29 is 14.4 Å². The number of carbonyl (C=O) groups is 3. The first-order valence-corrected chi connectivity index (χ1v) is 11.1. The van der Waals surface area contributed by atoms with Gasteiger partial charge in [0.1, 0.15) is 0 Å². The fourth-order valence-corrected chi connectivity index (χ4v) is 4.67. The van der Waals surface area contributed by atoms with Crippen molar-refractivity contribution in [2.45, 2.75) is 6.42 Å². The lowest BCUT2D eigenvalue weighted by molar-refractivity contribution is -0.116. The van der Waals surface area contributed by atoms with Gasteiger partial charge in [-0.2, -0.15) is 4.98 Å². The summed E-state index contributed by atoms with van der Waals surface area (Å²) in [6.07, 6.45) is -0.0781. The van der Waals surface area contributed by atoms with Crippen LogP contribution in [0, 0.1) is 0 Å². The van der Waals surface area contributed by atoms with E-state index in [4.69, 9.17) is 23.2 Å². The molecule has 3 amide bonds. The molecule has 4 aromatic rings. The molecule has 0 spiro atoms. The Morgan fingerprint density at radius 1 is 1.03 bits per heavy atom. The zero-order valence-corrected chi connectivity index (χ0v) is 18.5. The van der Waals surface area contributed by atoms with E-state index in [1.165, 1.54) is 11.3 Å². The Hall–Kier alpha value is -3.27. The van der Waals surface area contributed by atoms with E-state index in [2.05, 4.69) is 15.4 Å². The second kappa shape index (κ2) is 8.01. The zero-order chi connectivity index (χ0) is 22.4. The predicted octanol–water partition coefficient (Wildman–Crippen LogP) is 4.39. The SMILES string of the molecule is O=C(CCN1C(=O)c2ccccc2C1=O)Nc1nc2scc(-c3cc(Cl)ccc3Cl)n2n1. The summed E-state index contributed by atoms with van der Waals surface area (Å²) in [7, 11) is 0. The normalized spacial score (nSPS) is 13.1. The third-order valence-corrected chi connectivity index (χ3v) is 6.36. The number of nitrogens with zero attached hydrogens (tertiary/aromatic N) is 4. The van der Waals surface area contributed by atoms with E-state index < -0.39 is 17.7 Å². The molecule has 5 rings (SSSR count). The van der Waals surface area contributed by atoms with Gasteiger partial charge < -0.3 is 0 Å². The molecule has 11 heteroatoms. The molecule has 0 radical (unpaired) electrons. The van der Waals surface area contributed by atoms with Crippen LogP contribution < -0.4 is 5.32 Å². The number of imide groups is 1. The summed E-state index contributed by atoms with van der Waals surface area (Å²) in [5.74, 6) is -1.10. The van der Waals surface area contributed by atoms with E-state index in [1.807, 2.05) is 5.38 Å². The lowest BCUT2D eigenvalue weighted by Gasteiger charge is -2.12. The van der Waals surface area contributed by atoms with Gasteiger partial charge in [0.2, 0.25) is 16.8 Å². The first kappa shape index (κ1) is 20.6. The molecule has 0 saturated heterocycles. The molecule has 2 aromatic carbocycles. The Labute approximate surface area is 195 Å². The number of hydrogen-bond acceptors (Lipinski definition) is 6. The van der Waals surface area contributed by atoms with Crippen molar-refractivity contribution in [1.29, 1.82) is 0 Å². The van der Waals surface area contributed by atoms with E-state index in [9.17, 15) is 14.4 Å². The summed E-state index contributed by atoms with van der Waals surface area (Å²) in [6, 6.07) is 11.7. The van der Waals surface area contributed by atoms with Crippen LogP contribution >= 0.6 is 34.5 Å². The number of rotatable bonds is 5. The van der Waals surface area contributed by atoms with E-state index in [-0.39, 0.29) is 18.9 Å². The van der Waals surface area contributed by atoms with E-state index >= 15 is 0 Å². The molecular weight excluding hydrogens is 473 g/mol. The van der Waals surface area contributed by atoms with Crippen molar-refractivity contribution in [3.05, 3.63) is 69.0 Å². The van der Waals surface area contributed by atoms with Gasteiger partial charge in [-0.05, 0) is 30.3 Å². The largest absolute Gasteiger partial charge is 0.293 e. The van der Waals surface area contributed by atoms with Gasteiger partial charge in [-0.25, -0.2) is 4.52 Å².